The number of nitrogens with one attached hydrogen (secondary N) is 1. The van der Waals surface area contributed by atoms with E-state index in [1.807, 2.05) is 29.2 Å². The molecule has 5 heteroatoms. The van der Waals surface area contributed by atoms with Crippen LogP contribution in [0.2, 0.25) is 0 Å². The van der Waals surface area contributed by atoms with Crippen LogP contribution in [-0.4, -0.2) is 44.7 Å². The molecule has 0 aromatic heterocycles. The molecule has 0 saturated carbocycles. The highest BCUT2D eigenvalue weighted by Crippen LogP contribution is 2.25. The number of methoxy groups -OCH3 is 2. The van der Waals surface area contributed by atoms with E-state index in [1.165, 1.54) is 0 Å². The summed E-state index contributed by atoms with van der Waals surface area (Å²) in [6.45, 7) is 1.88. The monoisotopic (exact) mass is 278 g/mol. The first-order valence-corrected chi connectivity index (χ1v) is 6.92. The van der Waals surface area contributed by atoms with E-state index in [4.69, 9.17) is 9.47 Å². The van der Waals surface area contributed by atoms with E-state index in [0.29, 0.717) is 6.54 Å². The number of carbonyl (C=O) groups is 1. The highest BCUT2D eigenvalue weighted by Gasteiger charge is 2.31. The number of rotatable bonds is 7. The Morgan fingerprint density at radius 3 is 2.95 bits per heavy atom. The number of hydrogen-bond acceptors (Lipinski definition) is 4. The van der Waals surface area contributed by atoms with Crippen LogP contribution in [0.1, 0.15) is 24.6 Å². The average Bonchev–Trinajstić information content (AvgIpc) is 2.85. The molecule has 110 valence electrons. The zero-order chi connectivity index (χ0) is 14.4. The molecule has 1 aromatic carbocycles. The minimum absolute atomic E-state index is 0.0554. The Morgan fingerprint density at radius 1 is 1.35 bits per heavy atom. The van der Waals surface area contributed by atoms with Crippen molar-refractivity contribution >= 4 is 5.91 Å². The lowest BCUT2D eigenvalue weighted by Crippen LogP contribution is -2.31. The van der Waals surface area contributed by atoms with E-state index in [-0.39, 0.29) is 12.1 Å². The number of unbranched alkanes of at least 4 members (excludes halogenated alkanes) is 1. The molecule has 1 aliphatic heterocycles. The van der Waals surface area contributed by atoms with Gasteiger partial charge in [-0.1, -0.05) is 12.1 Å². The van der Waals surface area contributed by atoms with Crippen LogP contribution in [0.5, 0.6) is 5.75 Å². The molecule has 0 radical (unpaired) electrons. The fraction of sp³-hybridized carbons (Fsp3) is 0.533. The number of amides is 1. The Morgan fingerprint density at radius 2 is 2.20 bits per heavy atom. The minimum atomic E-state index is -0.0554. The molecule has 1 aromatic rings. The van der Waals surface area contributed by atoms with Gasteiger partial charge in [0.2, 0.25) is 5.91 Å². The maximum absolute atomic E-state index is 12.0. The Kier molecular flexibility index (Phi) is 5.38. The zero-order valence-corrected chi connectivity index (χ0v) is 12.1. The van der Waals surface area contributed by atoms with Crippen LogP contribution in [0.4, 0.5) is 0 Å². The molecular formula is C15H22N2O3. The summed E-state index contributed by atoms with van der Waals surface area (Å²) in [5, 5.41) is 3.25. The van der Waals surface area contributed by atoms with Crippen molar-refractivity contribution in [2.45, 2.75) is 19.0 Å². The molecule has 1 atom stereocenters. The van der Waals surface area contributed by atoms with Gasteiger partial charge in [0, 0.05) is 20.3 Å². The smallest absolute Gasteiger partial charge is 0.238 e. The highest BCUT2D eigenvalue weighted by atomic mass is 16.5. The maximum Gasteiger partial charge on any atom is 0.238 e. The van der Waals surface area contributed by atoms with Gasteiger partial charge < -0.3 is 14.4 Å². The van der Waals surface area contributed by atoms with Crippen molar-refractivity contribution in [2.75, 3.05) is 33.9 Å². The molecule has 2 rings (SSSR count). The third-order valence-corrected chi connectivity index (χ3v) is 3.49. The van der Waals surface area contributed by atoms with Crippen molar-refractivity contribution in [2.24, 2.45) is 0 Å². The Hall–Kier alpha value is -1.59. The standard InChI is InChI=1S/C15H22N2O3/c1-19-9-4-3-8-17-14(18)11-16-15(17)12-6-5-7-13(10-12)20-2/h5-7,10,15-16H,3-4,8-9,11H2,1-2H3. The number of benzene rings is 1. The second-order valence-electron chi connectivity index (χ2n) is 4.85. The first-order chi connectivity index (χ1) is 9.76. The van der Waals surface area contributed by atoms with E-state index in [0.717, 1.165) is 37.3 Å². The van der Waals surface area contributed by atoms with Gasteiger partial charge in [0.25, 0.3) is 0 Å². The second-order valence-corrected chi connectivity index (χ2v) is 4.85. The van der Waals surface area contributed by atoms with Crippen LogP contribution >= 0.6 is 0 Å². The molecule has 1 saturated heterocycles. The Balaban J connectivity index is 2.02. The van der Waals surface area contributed by atoms with Crippen molar-refractivity contribution in [3.05, 3.63) is 29.8 Å². The number of ether oxygens (including phenoxy) is 2. The molecule has 0 bridgehead atoms. The zero-order valence-electron chi connectivity index (χ0n) is 12.1. The van der Waals surface area contributed by atoms with Gasteiger partial charge in [-0.25, -0.2) is 0 Å². The van der Waals surface area contributed by atoms with Gasteiger partial charge in [0.1, 0.15) is 11.9 Å². The van der Waals surface area contributed by atoms with Crippen molar-refractivity contribution in [3.63, 3.8) is 0 Å². The predicted molar refractivity (Wildman–Crippen MR) is 76.6 cm³/mol. The largest absolute Gasteiger partial charge is 0.497 e. The summed E-state index contributed by atoms with van der Waals surface area (Å²) in [7, 11) is 3.34. The molecule has 1 N–H and O–H groups in total. The summed E-state index contributed by atoms with van der Waals surface area (Å²) in [5.74, 6) is 0.957. The van der Waals surface area contributed by atoms with Gasteiger partial charge in [-0.2, -0.15) is 0 Å². The lowest BCUT2D eigenvalue weighted by atomic mass is 10.1. The maximum atomic E-state index is 12.0. The Labute approximate surface area is 119 Å². The molecule has 1 heterocycles. The van der Waals surface area contributed by atoms with Gasteiger partial charge in [-0.15, -0.1) is 0 Å². The van der Waals surface area contributed by atoms with Crippen LogP contribution < -0.4 is 10.1 Å². The van der Waals surface area contributed by atoms with Crippen molar-refractivity contribution in [1.29, 1.82) is 0 Å². The molecule has 0 spiro atoms. The van der Waals surface area contributed by atoms with Gasteiger partial charge in [0.15, 0.2) is 0 Å². The highest BCUT2D eigenvalue weighted by molar-refractivity contribution is 5.80. The minimum Gasteiger partial charge on any atom is -0.497 e. The van der Waals surface area contributed by atoms with Crippen LogP contribution in [0.25, 0.3) is 0 Å². The van der Waals surface area contributed by atoms with Crippen LogP contribution in [0, 0.1) is 0 Å². The lowest BCUT2D eigenvalue weighted by Gasteiger charge is -2.25. The van der Waals surface area contributed by atoms with Crippen LogP contribution in [0.3, 0.4) is 0 Å². The van der Waals surface area contributed by atoms with Gasteiger partial charge in [0.05, 0.1) is 13.7 Å². The molecule has 1 fully saturated rings. The summed E-state index contributed by atoms with van der Waals surface area (Å²) in [6, 6.07) is 7.84. The molecule has 20 heavy (non-hydrogen) atoms. The quantitative estimate of drug-likeness (QED) is 0.769. The molecule has 1 unspecified atom stereocenters. The summed E-state index contributed by atoms with van der Waals surface area (Å²) >= 11 is 0. The van der Waals surface area contributed by atoms with Gasteiger partial charge >= 0.3 is 0 Å². The molecular weight excluding hydrogens is 256 g/mol. The van der Waals surface area contributed by atoms with Crippen molar-refractivity contribution in [1.82, 2.24) is 10.2 Å². The molecule has 5 nitrogen and oxygen atoms in total. The summed E-state index contributed by atoms with van der Waals surface area (Å²) in [6.07, 6.45) is 1.85. The molecule has 1 aliphatic rings. The van der Waals surface area contributed by atoms with Gasteiger partial charge in [-0.3, -0.25) is 10.1 Å². The van der Waals surface area contributed by atoms with Crippen LogP contribution in [0.15, 0.2) is 24.3 Å². The third kappa shape index (κ3) is 3.49. The average molecular weight is 278 g/mol. The van der Waals surface area contributed by atoms with E-state index in [1.54, 1.807) is 14.2 Å². The second kappa shape index (κ2) is 7.26. The fourth-order valence-corrected chi connectivity index (χ4v) is 2.43. The van der Waals surface area contributed by atoms with Crippen molar-refractivity contribution < 1.29 is 14.3 Å². The third-order valence-electron chi connectivity index (χ3n) is 3.49. The Bertz CT molecular complexity index is 450. The number of hydrogen-bond donors (Lipinski definition) is 1. The van der Waals surface area contributed by atoms with Crippen molar-refractivity contribution in [3.8, 4) is 5.75 Å². The summed E-state index contributed by atoms with van der Waals surface area (Å²) in [4.78, 5) is 13.9. The first kappa shape index (κ1) is 14.8. The molecule has 1 amide bonds. The van der Waals surface area contributed by atoms with E-state index >= 15 is 0 Å². The first-order valence-electron chi connectivity index (χ1n) is 6.92. The predicted octanol–water partition coefficient (Wildman–Crippen LogP) is 1.55. The van der Waals surface area contributed by atoms with Crippen LogP contribution in [-0.2, 0) is 9.53 Å². The van der Waals surface area contributed by atoms with E-state index in [9.17, 15) is 4.79 Å². The number of carbonyl (C=O) groups excluding carboxylic acids is 1. The van der Waals surface area contributed by atoms with E-state index in [2.05, 4.69) is 5.32 Å². The topological polar surface area (TPSA) is 50.8 Å². The fourth-order valence-electron chi connectivity index (χ4n) is 2.43. The summed E-state index contributed by atoms with van der Waals surface area (Å²) < 4.78 is 10.3. The summed E-state index contributed by atoms with van der Waals surface area (Å²) in [5.41, 5.74) is 1.06. The molecule has 0 aliphatic carbocycles. The lowest BCUT2D eigenvalue weighted by molar-refractivity contribution is -0.128. The van der Waals surface area contributed by atoms with Gasteiger partial charge in [-0.05, 0) is 30.5 Å². The normalized spacial score (nSPS) is 18.6. The SMILES string of the molecule is COCCCCN1C(=O)CNC1c1cccc(OC)c1. The number of nitrogens with zero attached hydrogens (tertiary/aromatic N) is 1. The van der Waals surface area contributed by atoms with E-state index < -0.39 is 0 Å².